The third-order valence-electron chi connectivity index (χ3n) is 7.13. The number of anilines is 2. The third kappa shape index (κ3) is 3.00. The Labute approximate surface area is 204 Å². The van der Waals surface area contributed by atoms with Crippen molar-refractivity contribution in [2.45, 2.75) is 31.1 Å². The van der Waals surface area contributed by atoms with Crippen LogP contribution in [0.4, 0.5) is 15.8 Å². The molecule has 1 saturated carbocycles. The Morgan fingerprint density at radius 1 is 1.12 bits per heavy atom. The molecule has 4 nitrogen and oxygen atoms in total. The van der Waals surface area contributed by atoms with Gasteiger partial charge in [0.25, 0.3) is 0 Å². The van der Waals surface area contributed by atoms with Crippen LogP contribution in [0.5, 0.6) is 0 Å². The van der Waals surface area contributed by atoms with Crippen LogP contribution in [0, 0.1) is 11.7 Å². The SMILES string of the molecule is CC(C)[C@]1(c2ccc(Cl)cc2)C[C@]12C(=O)N(c1cc(Br)cc(C(=O)[O-])c1)c1ccc(F)cc12. The Balaban J connectivity index is 1.74. The number of carboxylic acids is 1. The van der Waals surface area contributed by atoms with Gasteiger partial charge in [-0.3, -0.25) is 9.69 Å². The monoisotopic (exact) mass is 526 g/mol. The van der Waals surface area contributed by atoms with Gasteiger partial charge in [-0.2, -0.15) is 0 Å². The van der Waals surface area contributed by atoms with E-state index in [1.54, 1.807) is 24.3 Å². The van der Waals surface area contributed by atoms with Crippen molar-refractivity contribution in [3.05, 3.63) is 92.7 Å². The first-order valence-electron chi connectivity index (χ1n) is 10.5. The van der Waals surface area contributed by atoms with Crippen molar-refractivity contribution in [2.24, 2.45) is 5.92 Å². The van der Waals surface area contributed by atoms with E-state index in [1.165, 1.54) is 29.2 Å². The first-order chi connectivity index (χ1) is 15.6. The molecule has 33 heavy (non-hydrogen) atoms. The number of hydrogen-bond acceptors (Lipinski definition) is 3. The second-order valence-electron chi connectivity index (χ2n) is 9.00. The predicted octanol–water partition coefficient (Wildman–Crippen LogP) is 5.52. The maximum atomic E-state index is 14.5. The minimum absolute atomic E-state index is 0.0552. The summed E-state index contributed by atoms with van der Waals surface area (Å²) in [7, 11) is 0. The average Bonchev–Trinajstić information content (AvgIpc) is 3.41. The molecule has 5 rings (SSSR count). The number of carboxylic acid groups (broad SMARTS) is 1. The Bertz CT molecular complexity index is 1330. The predicted molar refractivity (Wildman–Crippen MR) is 126 cm³/mol. The molecule has 1 aliphatic carbocycles. The second kappa shape index (κ2) is 7.40. The number of hydrogen-bond donors (Lipinski definition) is 0. The van der Waals surface area contributed by atoms with Crippen molar-refractivity contribution in [1.82, 2.24) is 0 Å². The maximum absolute atomic E-state index is 14.5. The Hall–Kier alpha value is -2.70. The maximum Gasteiger partial charge on any atom is 0.243 e. The summed E-state index contributed by atoms with van der Waals surface area (Å²) in [6, 6.07) is 16.3. The lowest BCUT2D eigenvalue weighted by atomic mass is 9.75. The molecule has 1 heterocycles. The molecule has 1 amide bonds. The van der Waals surface area contributed by atoms with Gasteiger partial charge in [0, 0.05) is 20.5 Å². The fourth-order valence-corrected chi connectivity index (χ4v) is 6.25. The van der Waals surface area contributed by atoms with Gasteiger partial charge in [-0.15, -0.1) is 0 Å². The number of fused-ring (bicyclic) bond motifs is 2. The van der Waals surface area contributed by atoms with Crippen LogP contribution < -0.4 is 10.0 Å². The van der Waals surface area contributed by atoms with E-state index in [1.807, 2.05) is 12.1 Å². The number of benzene rings is 3. The van der Waals surface area contributed by atoms with Gasteiger partial charge in [0.05, 0.1) is 22.8 Å². The van der Waals surface area contributed by atoms with Gasteiger partial charge in [-0.1, -0.05) is 53.5 Å². The summed E-state index contributed by atoms with van der Waals surface area (Å²) in [4.78, 5) is 27.3. The molecule has 1 fully saturated rings. The molecule has 1 spiro atoms. The summed E-state index contributed by atoms with van der Waals surface area (Å²) in [5, 5.41) is 12.1. The van der Waals surface area contributed by atoms with Crippen LogP contribution in [-0.4, -0.2) is 11.9 Å². The van der Waals surface area contributed by atoms with Crippen molar-refractivity contribution >= 4 is 50.8 Å². The van der Waals surface area contributed by atoms with Crippen LogP contribution in [-0.2, 0) is 15.6 Å². The van der Waals surface area contributed by atoms with Crippen molar-refractivity contribution in [3.8, 4) is 0 Å². The lowest BCUT2D eigenvalue weighted by Crippen LogP contribution is -2.36. The van der Waals surface area contributed by atoms with E-state index < -0.39 is 22.6 Å². The van der Waals surface area contributed by atoms with Crippen LogP contribution in [0.1, 0.15) is 41.8 Å². The van der Waals surface area contributed by atoms with Gasteiger partial charge in [0.15, 0.2) is 0 Å². The highest BCUT2D eigenvalue weighted by atomic mass is 79.9. The topological polar surface area (TPSA) is 60.4 Å². The lowest BCUT2D eigenvalue weighted by molar-refractivity contribution is -0.255. The molecular formula is C26H19BrClFNO3-. The largest absolute Gasteiger partial charge is 0.545 e. The van der Waals surface area contributed by atoms with E-state index >= 15 is 0 Å². The molecule has 168 valence electrons. The quantitative estimate of drug-likeness (QED) is 0.449. The number of carbonyl (C=O) groups excluding carboxylic acids is 2. The number of amides is 1. The van der Waals surface area contributed by atoms with Gasteiger partial charge < -0.3 is 9.90 Å². The second-order valence-corrected chi connectivity index (χ2v) is 10.4. The van der Waals surface area contributed by atoms with Crippen molar-refractivity contribution in [1.29, 1.82) is 0 Å². The first kappa shape index (κ1) is 22.1. The molecule has 0 N–H and O–H groups in total. The molecule has 7 heteroatoms. The normalized spacial score (nSPS) is 23.3. The standard InChI is InChI=1S/C26H20BrClFNO3/c1-14(2)25(16-3-5-18(28)6-4-16)13-26(25)21-12-19(29)7-8-22(21)30(24(26)33)20-10-15(23(31)32)9-17(27)11-20/h3-12,14H,13H2,1-2H3,(H,31,32)/p-1/t25-,26-/m0/s1. The van der Waals surface area contributed by atoms with Crippen molar-refractivity contribution < 1.29 is 19.1 Å². The Morgan fingerprint density at radius 3 is 2.45 bits per heavy atom. The zero-order valence-electron chi connectivity index (χ0n) is 17.9. The first-order valence-corrected chi connectivity index (χ1v) is 11.7. The highest BCUT2D eigenvalue weighted by Crippen LogP contribution is 2.73. The molecule has 3 aromatic rings. The van der Waals surface area contributed by atoms with Crippen molar-refractivity contribution in [3.63, 3.8) is 0 Å². The Morgan fingerprint density at radius 2 is 1.82 bits per heavy atom. The van der Waals surface area contributed by atoms with E-state index in [0.717, 1.165) is 5.56 Å². The average molecular weight is 528 g/mol. The minimum Gasteiger partial charge on any atom is -0.545 e. The van der Waals surface area contributed by atoms with E-state index in [4.69, 9.17) is 11.6 Å². The number of carbonyl (C=O) groups is 2. The van der Waals surface area contributed by atoms with Crippen LogP contribution in [0.2, 0.25) is 5.02 Å². The Kier molecular flexibility index (Phi) is 4.96. The summed E-state index contributed by atoms with van der Waals surface area (Å²) in [5.41, 5.74) is 0.966. The van der Waals surface area contributed by atoms with E-state index in [9.17, 15) is 19.1 Å². The molecule has 0 saturated heterocycles. The summed E-state index contributed by atoms with van der Waals surface area (Å²) >= 11 is 9.45. The highest BCUT2D eigenvalue weighted by molar-refractivity contribution is 9.10. The minimum atomic E-state index is -1.35. The third-order valence-corrected chi connectivity index (χ3v) is 7.84. The highest BCUT2D eigenvalue weighted by Gasteiger charge is 2.78. The van der Waals surface area contributed by atoms with E-state index in [0.29, 0.717) is 32.9 Å². The van der Waals surface area contributed by atoms with Crippen LogP contribution in [0.15, 0.2) is 65.1 Å². The number of aromatic carboxylic acids is 1. The smallest absolute Gasteiger partial charge is 0.243 e. The van der Waals surface area contributed by atoms with Crippen LogP contribution in [0.3, 0.4) is 0 Å². The molecule has 2 atom stereocenters. The summed E-state index contributed by atoms with van der Waals surface area (Å²) < 4.78 is 15.0. The molecule has 3 aromatic carbocycles. The zero-order valence-corrected chi connectivity index (χ0v) is 20.2. The number of halogens is 3. The van der Waals surface area contributed by atoms with Gasteiger partial charge in [0.2, 0.25) is 5.91 Å². The molecular weight excluding hydrogens is 509 g/mol. The van der Waals surface area contributed by atoms with Gasteiger partial charge in [-0.05, 0) is 72.0 Å². The molecule has 1 aliphatic heterocycles. The van der Waals surface area contributed by atoms with Crippen LogP contribution >= 0.6 is 27.5 Å². The molecule has 0 aromatic heterocycles. The van der Waals surface area contributed by atoms with Crippen LogP contribution in [0.25, 0.3) is 0 Å². The molecule has 0 unspecified atom stereocenters. The molecule has 0 bridgehead atoms. The summed E-state index contributed by atoms with van der Waals surface area (Å²) in [6.45, 7) is 4.12. The zero-order chi connectivity index (χ0) is 23.7. The number of rotatable bonds is 4. The lowest BCUT2D eigenvalue weighted by Gasteiger charge is -2.27. The van der Waals surface area contributed by atoms with Gasteiger partial charge in [-0.25, -0.2) is 4.39 Å². The van der Waals surface area contributed by atoms with Gasteiger partial charge in [0.1, 0.15) is 5.82 Å². The fourth-order valence-electron chi connectivity index (χ4n) is 5.64. The van der Waals surface area contributed by atoms with Crippen molar-refractivity contribution in [2.75, 3.05) is 4.90 Å². The fraction of sp³-hybridized carbons (Fsp3) is 0.231. The summed E-state index contributed by atoms with van der Waals surface area (Å²) in [6.07, 6.45) is 0.520. The molecule has 0 radical (unpaired) electrons. The molecule has 2 aliphatic rings. The van der Waals surface area contributed by atoms with Gasteiger partial charge >= 0.3 is 0 Å². The van der Waals surface area contributed by atoms with E-state index in [2.05, 4.69) is 29.8 Å². The van der Waals surface area contributed by atoms with E-state index in [-0.39, 0.29) is 17.4 Å². The summed E-state index contributed by atoms with van der Waals surface area (Å²) in [5.74, 6) is -1.90. The number of nitrogens with zero attached hydrogens (tertiary/aromatic N) is 1.